The first-order valence-electron chi connectivity index (χ1n) is 7.21. The van der Waals surface area contributed by atoms with Crippen molar-refractivity contribution < 1.29 is 22.8 Å². The SMILES string of the molecule is Cc1cc(C(F)(F)F)nc(C(=O)N2CCC[C@@H]3C[C@@]32C(N)=O)n1. The van der Waals surface area contributed by atoms with Crippen LogP contribution in [0, 0.1) is 12.8 Å². The Bertz CT molecular complexity index is 691. The van der Waals surface area contributed by atoms with Crippen LogP contribution in [0.4, 0.5) is 13.2 Å². The van der Waals surface area contributed by atoms with E-state index in [2.05, 4.69) is 9.97 Å². The fourth-order valence-electron chi connectivity index (χ4n) is 3.33. The summed E-state index contributed by atoms with van der Waals surface area (Å²) in [4.78, 5) is 32.8. The number of primary amides is 1. The summed E-state index contributed by atoms with van der Waals surface area (Å²) < 4.78 is 38.6. The third kappa shape index (κ3) is 2.43. The maximum atomic E-state index is 12.9. The molecule has 0 aromatic carbocycles. The van der Waals surface area contributed by atoms with E-state index >= 15 is 0 Å². The van der Waals surface area contributed by atoms with Crippen LogP contribution in [-0.4, -0.2) is 38.8 Å². The topological polar surface area (TPSA) is 89.2 Å². The number of rotatable bonds is 2. The molecule has 0 spiro atoms. The summed E-state index contributed by atoms with van der Waals surface area (Å²) in [6, 6.07) is 0.775. The number of carbonyl (C=O) groups excluding carboxylic acids is 2. The van der Waals surface area contributed by atoms with Crippen molar-refractivity contribution in [3.05, 3.63) is 23.3 Å². The molecule has 1 saturated heterocycles. The summed E-state index contributed by atoms with van der Waals surface area (Å²) in [5, 5.41) is 0. The molecule has 2 amide bonds. The Morgan fingerprint density at radius 2 is 2.09 bits per heavy atom. The number of nitrogens with two attached hydrogens (primary N) is 1. The summed E-state index contributed by atoms with van der Waals surface area (Å²) in [5.41, 5.74) is 3.20. The van der Waals surface area contributed by atoms with E-state index in [4.69, 9.17) is 5.73 Å². The van der Waals surface area contributed by atoms with E-state index in [1.54, 1.807) is 0 Å². The van der Waals surface area contributed by atoms with Crippen LogP contribution in [0.15, 0.2) is 6.07 Å². The van der Waals surface area contributed by atoms with Crippen LogP contribution < -0.4 is 5.73 Å². The molecule has 2 N–H and O–H groups in total. The second-order valence-electron chi connectivity index (χ2n) is 6.00. The standard InChI is InChI=1S/C14H15F3N4O2/c1-7-5-9(14(15,16)17)20-10(19-7)11(22)21-4-2-3-8-6-13(8,21)12(18)23/h5,8H,2-4,6H2,1H3,(H2,18,23)/t8-,13+/m1/s1. The van der Waals surface area contributed by atoms with Crippen LogP contribution in [0.25, 0.3) is 0 Å². The predicted molar refractivity (Wildman–Crippen MR) is 72.1 cm³/mol. The number of likely N-dealkylation sites (tertiary alicyclic amines) is 1. The van der Waals surface area contributed by atoms with Gasteiger partial charge in [0.1, 0.15) is 11.2 Å². The molecule has 124 valence electrons. The summed E-state index contributed by atoms with van der Waals surface area (Å²) in [5.74, 6) is -1.98. The van der Waals surface area contributed by atoms with Gasteiger partial charge in [-0.15, -0.1) is 0 Å². The number of hydrogen-bond donors (Lipinski definition) is 1. The van der Waals surface area contributed by atoms with E-state index in [9.17, 15) is 22.8 Å². The summed E-state index contributed by atoms with van der Waals surface area (Å²) in [6.07, 6.45) is -2.78. The minimum atomic E-state index is -4.67. The van der Waals surface area contributed by atoms with Crippen LogP contribution in [0.5, 0.6) is 0 Å². The van der Waals surface area contributed by atoms with Gasteiger partial charge >= 0.3 is 6.18 Å². The Morgan fingerprint density at radius 1 is 1.39 bits per heavy atom. The molecule has 3 rings (SSSR count). The van der Waals surface area contributed by atoms with Gasteiger partial charge in [-0.1, -0.05) is 0 Å². The molecule has 1 aromatic heterocycles. The summed E-state index contributed by atoms with van der Waals surface area (Å²) in [7, 11) is 0. The first-order valence-corrected chi connectivity index (χ1v) is 7.21. The van der Waals surface area contributed by atoms with Gasteiger partial charge in [0.15, 0.2) is 0 Å². The zero-order valence-electron chi connectivity index (χ0n) is 12.4. The molecule has 0 unspecified atom stereocenters. The monoisotopic (exact) mass is 328 g/mol. The lowest BCUT2D eigenvalue weighted by molar-refractivity contribution is -0.141. The lowest BCUT2D eigenvalue weighted by Crippen LogP contribution is -2.54. The smallest absolute Gasteiger partial charge is 0.368 e. The number of amides is 2. The molecule has 1 saturated carbocycles. The molecule has 2 heterocycles. The molecular formula is C14H15F3N4O2. The fraction of sp³-hybridized carbons (Fsp3) is 0.571. The van der Waals surface area contributed by atoms with Crippen LogP contribution in [0.3, 0.4) is 0 Å². The Balaban J connectivity index is 1.97. The number of fused-ring (bicyclic) bond motifs is 1. The van der Waals surface area contributed by atoms with E-state index < -0.39 is 35.0 Å². The van der Waals surface area contributed by atoms with Crippen LogP contribution in [-0.2, 0) is 11.0 Å². The molecule has 9 heteroatoms. The molecule has 1 aliphatic carbocycles. The average Bonchev–Trinajstić information content (AvgIpc) is 3.20. The molecule has 1 aromatic rings. The predicted octanol–water partition coefficient (Wildman–Crippen LogP) is 1.28. The van der Waals surface area contributed by atoms with Gasteiger partial charge in [-0.05, 0) is 38.2 Å². The zero-order chi connectivity index (χ0) is 17.0. The quantitative estimate of drug-likeness (QED) is 0.886. The Morgan fingerprint density at radius 3 is 2.70 bits per heavy atom. The second kappa shape index (κ2) is 4.90. The third-order valence-corrected chi connectivity index (χ3v) is 4.50. The Hall–Kier alpha value is -2.19. The molecule has 23 heavy (non-hydrogen) atoms. The van der Waals surface area contributed by atoms with Gasteiger partial charge < -0.3 is 10.6 Å². The molecule has 2 fully saturated rings. The van der Waals surface area contributed by atoms with Gasteiger partial charge in [-0.3, -0.25) is 9.59 Å². The van der Waals surface area contributed by atoms with Crippen LogP contribution >= 0.6 is 0 Å². The number of carbonyl (C=O) groups is 2. The molecule has 2 atom stereocenters. The Kier molecular flexibility index (Phi) is 3.35. The number of alkyl halides is 3. The highest BCUT2D eigenvalue weighted by Gasteiger charge is 2.65. The van der Waals surface area contributed by atoms with Gasteiger partial charge in [0, 0.05) is 12.2 Å². The van der Waals surface area contributed by atoms with Gasteiger partial charge in [-0.25, -0.2) is 9.97 Å². The van der Waals surface area contributed by atoms with Gasteiger partial charge in [0.05, 0.1) is 0 Å². The third-order valence-electron chi connectivity index (χ3n) is 4.50. The highest BCUT2D eigenvalue weighted by Crippen LogP contribution is 2.54. The van der Waals surface area contributed by atoms with Crippen molar-refractivity contribution in [2.45, 2.75) is 37.9 Å². The maximum absolute atomic E-state index is 12.9. The molecule has 0 bridgehead atoms. The lowest BCUT2D eigenvalue weighted by Gasteiger charge is -2.33. The highest BCUT2D eigenvalue weighted by molar-refractivity contribution is 5.99. The summed E-state index contributed by atoms with van der Waals surface area (Å²) >= 11 is 0. The highest BCUT2D eigenvalue weighted by atomic mass is 19.4. The van der Waals surface area contributed by atoms with Crippen molar-refractivity contribution in [3.63, 3.8) is 0 Å². The van der Waals surface area contributed by atoms with E-state index in [0.717, 1.165) is 12.5 Å². The van der Waals surface area contributed by atoms with Crippen LogP contribution in [0.2, 0.25) is 0 Å². The fourth-order valence-corrected chi connectivity index (χ4v) is 3.33. The molecule has 1 aliphatic heterocycles. The van der Waals surface area contributed by atoms with E-state index in [1.807, 2.05) is 0 Å². The number of aryl methyl sites for hydroxylation is 1. The van der Waals surface area contributed by atoms with Crippen molar-refractivity contribution in [1.82, 2.24) is 14.9 Å². The summed E-state index contributed by atoms with van der Waals surface area (Å²) in [6.45, 7) is 1.62. The number of piperidine rings is 1. The second-order valence-corrected chi connectivity index (χ2v) is 6.00. The number of nitrogens with zero attached hydrogens (tertiary/aromatic N) is 3. The van der Waals surface area contributed by atoms with Crippen LogP contribution in [0.1, 0.15) is 41.3 Å². The number of halogens is 3. The first kappa shape index (κ1) is 15.7. The minimum absolute atomic E-state index is 0.0235. The van der Waals surface area contributed by atoms with Crippen molar-refractivity contribution in [3.8, 4) is 0 Å². The van der Waals surface area contributed by atoms with Crippen molar-refractivity contribution in [1.29, 1.82) is 0 Å². The molecule has 6 nitrogen and oxygen atoms in total. The zero-order valence-corrected chi connectivity index (χ0v) is 12.4. The maximum Gasteiger partial charge on any atom is 0.433 e. The Labute approximate surface area is 129 Å². The van der Waals surface area contributed by atoms with Crippen molar-refractivity contribution >= 4 is 11.8 Å². The van der Waals surface area contributed by atoms with Gasteiger partial charge in [0.2, 0.25) is 11.7 Å². The number of aromatic nitrogens is 2. The molecule has 2 aliphatic rings. The lowest BCUT2D eigenvalue weighted by atomic mass is 10.0. The van der Waals surface area contributed by atoms with Gasteiger partial charge in [0.25, 0.3) is 5.91 Å². The number of hydrogen-bond acceptors (Lipinski definition) is 4. The van der Waals surface area contributed by atoms with E-state index in [1.165, 1.54) is 11.8 Å². The van der Waals surface area contributed by atoms with Gasteiger partial charge in [-0.2, -0.15) is 13.2 Å². The van der Waals surface area contributed by atoms with E-state index in [0.29, 0.717) is 12.8 Å². The first-order chi connectivity index (χ1) is 10.7. The average molecular weight is 328 g/mol. The van der Waals surface area contributed by atoms with Crippen molar-refractivity contribution in [2.75, 3.05) is 6.54 Å². The minimum Gasteiger partial charge on any atom is -0.368 e. The largest absolute Gasteiger partial charge is 0.433 e. The van der Waals surface area contributed by atoms with Crippen molar-refractivity contribution in [2.24, 2.45) is 11.7 Å². The molecular weight excluding hydrogens is 313 g/mol. The van der Waals surface area contributed by atoms with E-state index in [-0.39, 0.29) is 18.2 Å². The normalized spacial score (nSPS) is 26.6. The molecule has 0 radical (unpaired) electrons.